The van der Waals surface area contributed by atoms with Gasteiger partial charge in [0.1, 0.15) is 10.5 Å². The van der Waals surface area contributed by atoms with E-state index in [1.165, 1.54) is 6.07 Å². The van der Waals surface area contributed by atoms with Crippen LogP contribution in [0.25, 0.3) is 0 Å². The Balaban J connectivity index is 2.80. The lowest BCUT2D eigenvalue weighted by molar-refractivity contribution is -0.134. The normalized spacial score (nSPS) is 15.3. The molecule has 22 heavy (non-hydrogen) atoms. The largest absolute Gasteiger partial charge is 0.444 e. The summed E-state index contributed by atoms with van der Waals surface area (Å²) in [6, 6.07) is 2.43. The number of nitrogens with one attached hydrogen (secondary N) is 1. The highest BCUT2D eigenvalue weighted by molar-refractivity contribution is 7.12. The minimum atomic E-state index is -4.38. The number of hydrogen-bond donors (Lipinski definition) is 2. The number of hydrogen-bond acceptors (Lipinski definition) is 4. The van der Waals surface area contributed by atoms with Crippen LogP contribution in [0.15, 0.2) is 12.1 Å². The van der Waals surface area contributed by atoms with E-state index in [9.17, 15) is 18.0 Å². The van der Waals surface area contributed by atoms with Crippen LogP contribution in [0, 0.1) is 0 Å². The van der Waals surface area contributed by atoms with Gasteiger partial charge in [0, 0.05) is 23.4 Å². The van der Waals surface area contributed by atoms with Crippen LogP contribution >= 0.6 is 11.3 Å². The van der Waals surface area contributed by atoms with Gasteiger partial charge >= 0.3 is 12.3 Å². The molecule has 0 saturated heterocycles. The average Bonchev–Trinajstić information content (AvgIpc) is 2.83. The third-order valence-electron chi connectivity index (χ3n) is 2.95. The van der Waals surface area contributed by atoms with Crippen molar-refractivity contribution in [2.75, 3.05) is 13.1 Å². The molecule has 1 amide bonds. The molecule has 1 rings (SSSR count). The lowest BCUT2D eigenvalue weighted by Gasteiger charge is -2.28. The molecule has 0 fully saturated rings. The zero-order valence-corrected chi connectivity index (χ0v) is 13.8. The fourth-order valence-electron chi connectivity index (χ4n) is 1.66. The van der Waals surface area contributed by atoms with E-state index in [0.717, 1.165) is 6.07 Å². The summed E-state index contributed by atoms with van der Waals surface area (Å²) in [5, 5.41) is 2.56. The first-order valence-corrected chi connectivity index (χ1v) is 7.53. The number of rotatable bonds is 4. The number of alkyl halides is 3. The van der Waals surface area contributed by atoms with Crippen molar-refractivity contribution in [3.8, 4) is 0 Å². The topological polar surface area (TPSA) is 64.3 Å². The quantitative estimate of drug-likeness (QED) is 0.883. The Morgan fingerprint density at radius 1 is 1.23 bits per heavy atom. The fourth-order valence-corrected chi connectivity index (χ4v) is 2.68. The predicted molar refractivity (Wildman–Crippen MR) is 80.0 cm³/mol. The van der Waals surface area contributed by atoms with Crippen molar-refractivity contribution < 1.29 is 22.7 Å². The minimum absolute atomic E-state index is 0.0935. The van der Waals surface area contributed by atoms with E-state index in [2.05, 4.69) is 5.32 Å². The Hall–Kier alpha value is -1.28. The van der Waals surface area contributed by atoms with E-state index >= 15 is 0 Å². The van der Waals surface area contributed by atoms with Crippen molar-refractivity contribution >= 4 is 17.4 Å². The molecule has 1 aromatic rings. The summed E-state index contributed by atoms with van der Waals surface area (Å²) in [4.78, 5) is 11.5. The van der Waals surface area contributed by atoms with Crippen LogP contribution in [0.5, 0.6) is 0 Å². The fraction of sp³-hybridized carbons (Fsp3) is 0.643. The Morgan fingerprint density at radius 2 is 1.77 bits per heavy atom. The first-order valence-electron chi connectivity index (χ1n) is 6.72. The molecule has 1 atom stereocenters. The van der Waals surface area contributed by atoms with E-state index in [1.807, 2.05) is 0 Å². The van der Waals surface area contributed by atoms with E-state index < -0.39 is 28.2 Å². The van der Waals surface area contributed by atoms with Gasteiger partial charge in [-0.1, -0.05) is 6.92 Å². The number of thiophene rings is 1. The zero-order chi connectivity index (χ0) is 17.2. The van der Waals surface area contributed by atoms with Gasteiger partial charge in [0.05, 0.1) is 0 Å². The van der Waals surface area contributed by atoms with Gasteiger partial charge < -0.3 is 15.8 Å². The zero-order valence-electron chi connectivity index (χ0n) is 13.0. The number of alkyl carbamates (subject to hydrolysis) is 1. The lowest BCUT2D eigenvalue weighted by atomic mass is 9.89. The third kappa shape index (κ3) is 5.17. The maximum Gasteiger partial charge on any atom is 0.425 e. The highest BCUT2D eigenvalue weighted by Crippen LogP contribution is 2.38. The number of carbonyl (C=O) groups is 1. The van der Waals surface area contributed by atoms with Gasteiger partial charge in [0.15, 0.2) is 0 Å². The van der Waals surface area contributed by atoms with Crippen LogP contribution in [-0.2, 0) is 16.3 Å². The van der Waals surface area contributed by atoms with Gasteiger partial charge in [0.2, 0.25) is 0 Å². The smallest absolute Gasteiger partial charge is 0.425 e. The Morgan fingerprint density at radius 3 is 2.18 bits per heavy atom. The maximum absolute atomic E-state index is 12.7. The summed E-state index contributed by atoms with van der Waals surface area (Å²) in [5.74, 6) is 0. The molecule has 0 bridgehead atoms. The lowest BCUT2D eigenvalue weighted by Crippen LogP contribution is -2.44. The molecule has 1 unspecified atom stereocenters. The highest BCUT2D eigenvalue weighted by Gasteiger charge is 2.36. The van der Waals surface area contributed by atoms with Gasteiger partial charge in [-0.3, -0.25) is 0 Å². The standard InChI is InChI=1S/C14H21F3N2O2S/c1-12(2,3)21-11(20)19-8-13(4,7-18)9-5-6-10(22-9)14(15,16)17/h5-6H,7-8,18H2,1-4H3,(H,19,20). The molecule has 1 aromatic heterocycles. The third-order valence-corrected chi connectivity index (χ3v) is 4.39. The van der Waals surface area contributed by atoms with Gasteiger partial charge in [-0.25, -0.2) is 4.79 Å². The van der Waals surface area contributed by atoms with Crippen LogP contribution in [-0.4, -0.2) is 24.8 Å². The number of nitrogens with two attached hydrogens (primary N) is 1. The molecular weight excluding hydrogens is 317 g/mol. The molecule has 0 saturated carbocycles. The van der Waals surface area contributed by atoms with Crippen molar-refractivity contribution in [3.05, 3.63) is 21.9 Å². The molecule has 0 spiro atoms. The Kier molecular flexibility index (Phi) is 5.51. The van der Waals surface area contributed by atoms with Crippen LogP contribution < -0.4 is 11.1 Å². The minimum Gasteiger partial charge on any atom is -0.444 e. The molecule has 0 aliphatic heterocycles. The van der Waals surface area contributed by atoms with Crippen molar-refractivity contribution in [1.82, 2.24) is 5.32 Å². The summed E-state index contributed by atoms with van der Waals surface area (Å²) in [5.41, 5.74) is 4.27. The first kappa shape index (κ1) is 18.8. The van der Waals surface area contributed by atoms with Gasteiger partial charge in [0.25, 0.3) is 0 Å². The first-order chi connectivity index (χ1) is 9.87. The van der Waals surface area contributed by atoms with Crippen LogP contribution in [0.2, 0.25) is 0 Å². The molecule has 0 aliphatic rings. The second-order valence-electron chi connectivity index (χ2n) is 6.28. The summed E-state index contributed by atoms with van der Waals surface area (Å²) in [6.45, 7) is 7.07. The maximum atomic E-state index is 12.7. The molecular formula is C14H21F3N2O2S. The summed E-state index contributed by atoms with van der Waals surface area (Å²) in [7, 11) is 0. The number of amides is 1. The number of ether oxygens (including phenoxy) is 1. The highest BCUT2D eigenvalue weighted by atomic mass is 32.1. The van der Waals surface area contributed by atoms with Crippen LogP contribution in [0.1, 0.15) is 37.4 Å². The molecule has 126 valence electrons. The van der Waals surface area contributed by atoms with E-state index in [-0.39, 0.29) is 13.1 Å². The monoisotopic (exact) mass is 338 g/mol. The predicted octanol–water partition coefficient (Wildman–Crippen LogP) is 3.51. The SMILES string of the molecule is CC(C)(C)OC(=O)NCC(C)(CN)c1ccc(C(F)(F)F)s1. The van der Waals surface area contributed by atoms with Gasteiger partial charge in [-0.15, -0.1) is 11.3 Å². The molecule has 0 aromatic carbocycles. The molecule has 0 radical (unpaired) electrons. The molecule has 4 nitrogen and oxygen atoms in total. The molecule has 8 heteroatoms. The van der Waals surface area contributed by atoms with Gasteiger partial charge in [-0.2, -0.15) is 13.2 Å². The van der Waals surface area contributed by atoms with Crippen molar-refractivity contribution in [1.29, 1.82) is 0 Å². The summed E-state index contributed by atoms with van der Waals surface area (Å²) < 4.78 is 43.2. The van der Waals surface area contributed by atoms with Crippen LogP contribution in [0.3, 0.4) is 0 Å². The summed E-state index contributed by atoms with van der Waals surface area (Å²) in [6.07, 6.45) is -5.00. The van der Waals surface area contributed by atoms with Crippen molar-refractivity contribution in [3.63, 3.8) is 0 Å². The second kappa shape index (κ2) is 6.45. The van der Waals surface area contributed by atoms with Crippen molar-refractivity contribution in [2.24, 2.45) is 5.73 Å². The second-order valence-corrected chi connectivity index (χ2v) is 7.37. The molecule has 3 N–H and O–H groups in total. The van der Waals surface area contributed by atoms with E-state index in [4.69, 9.17) is 10.5 Å². The van der Waals surface area contributed by atoms with E-state index in [0.29, 0.717) is 16.2 Å². The van der Waals surface area contributed by atoms with Gasteiger partial charge in [-0.05, 0) is 32.9 Å². The number of halogens is 3. The molecule has 1 heterocycles. The molecule has 0 aliphatic carbocycles. The average molecular weight is 338 g/mol. The summed E-state index contributed by atoms with van der Waals surface area (Å²) >= 11 is 0.639. The van der Waals surface area contributed by atoms with E-state index in [1.54, 1.807) is 27.7 Å². The Labute approximate surface area is 131 Å². The van der Waals surface area contributed by atoms with Crippen LogP contribution in [0.4, 0.5) is 18.0 Å². The Bertz CT molecular complexity index is 523. The van der Waals surface area contributed by atoms with Crippen molar-refractivity contribution in [2.45, 2.75) is 44.9 Å². The number of carbonyl (C=O) groups excluding carboxylic acids is 1.